The molecule has 5 nitrogen and oxygen atoms in total. The zero-order chi connectivity index (χ0) is 17.8. The number of nitrogens with zero attached hydrogens (tertiary/aromatic N) is 3. The molecule has 1 unspecified atom stereocenters. The van der Waals surface area contributed by atoms with Crippen LogP contribution in [0, 0.1) is 12.8 Å². The number of aliphatic hydroxyl groups excluding tert-OH is 1. The molecule has 1 aliphatic heterocycles. The van der Waals surface area contributed by atoms with Gasteiger partial charge in [0, 0.05) is 39.3 Å². The molecule has 2 aliphatic rings. The van der Waals surface area contributed by atoms with Gasteiger partial charge in [0.15, 0.2) is 0 Å². The number of benzene rings is 1. The van der Waals surface area contributed by atoms with E-state index in [9.17, 15) is 9.90 Å². The van der Waals surface area contributed by atoms with Crippen LogP contribution >= 0.6 is 0 Å². The monoisotopic (exact) mass is 345 g/mol. The van der Waals surface area contributed by atoms with Crippen molar-refractivity contribution in [2.75, 3.05) is 46.3 Å². The highest BCUT2D eigenvalue weighted by Gasteiger charge is 2.31. The predicted molar refractivity (Wildman–Crippen MR) is 99.3 cm³/mol. The Morgan fingerprint density at radius 3 is 2.64 bits per heavy atom. The van der Waals surface area contributed by atoms with Gasteiger partial charge < -0.3 is 10.0 Å². The molecule has 0 bridgehead atoms. The Bertz CT molecular complexity index is 580. The van der Waals surface area contributed by atoms with E-state index in [0.29, 0.717) is 19.0 Å². The van der Waals surface area contributed by atoms with Crippen molar-refractivity contribution in [2.45, 2.75) is 32.4 Å². The lowest BCUT2D eigenvalue weighted by Crippen LogP contribution is -2.51. The van der Waals surface area contributed by atoms with Crippen LogP contribution in [-0.2, 0) is 11.3 Å². The summed E-state index contributed by atoms with van der Waals surface area (Å²) in [4.78, 5) is 18.8. The Balaban J connectivity index is 1.39. The van der Waals surface area contributed by atoms with Crippen molar-refractivity contribution in [2.24, 2.45) is 5.92 Å². The Hall–Kier alpha value is -1.43. The summed E-state index contributed by atoms with van der Waals surface area (Å²) in [7, 11) is 1.93. The lowest BCUT2D eigenvalue weighted by molar-refractivity contribution is -0.134. The Labute approximate surface area is 151 Å². The third-order valence-electron chi connectivity index (χ3n) is 5.28. The van der Waals surface area contributed by atoms with Gasteiger partial charge in [0.2, 0.25) is 5.91 Å². The second kappa shape index (κ2) is 8.30. The van der Waals surface area contributed by atoms with Crippen LogP contribution in [0.2, 0.25) is 0 Å². The summed E-state index contributed by atoms with van der Waals surface area (Å²) in [5, 5.41) is 10.0. The number of aliphatic hydroxyl groups is 1. The Morgan fingerprint density at radius 1 is 1.28 bits per heavy atom. The van der Waals surface area contributed by atoms with Crippen LogP contribution in [0.5, 0.6) is 0 Å². The van der Waals surface area contributed by atoms with Gasteiger partial charge >= 0.3 is 0 Å². The largest absolute Gasteiger partial charge is 0.392 e. The SMILES string of the molecule is Cc1cccc(CN2CCN(C(=O)CN(C)CC(O)C3CC3)CC2)c1. The van der Waals surface area contributed by atoms with Crippen molar-refractivity contribution < 1.29 is 9.90 Å². The molecule has 0 radical (unpaired) electrons. The highest BCUT2D eigenvalue weighted by molar-refractivity contribution is 5.78. The summed E-state index contributed by atoms with van der Waals surface area (Å²) in [5.41, 5.74) is 2.64. The second-order valence-corrected chi connectivity index (χ2v) is 7.75. The van der Waals surface area contributed by atoms with E-state index in [-0.39, 0.29) is 12.0 Å². The standard InChI is InChI=1S/C20H31N3O2/c1-16-4-3-5-17(12-16)13-22-8-10-23(11-9-22)20(25)15-21(2)14-19(24)18-6-7-18/h3-5,12,18-19,24H,6-11,13-15H2,1-2H3. The number of aryl methyl sites for hydroxylation is 1. The maximum atomic E-state index is 12.5. The molecular formula is C20H31N3O2. The third-order valence-corrected chi connectivity index (χ3v) is 5.28. The molecule has 1 atom stereocenters. The lowest BCUT2D eigenvalue weighted by atomic mass is 10.1. The first-order valence-electron chi connectivity index (χ1n) is 9.43. The molecule has 1 N–H and O–H groups in total. The summed E-state index contributed by atoms with van der Waals surface area (Å²) in [5.74, 6) is 0.642. The van der Waals surface area contributed by atoms with Gasteiger partial charge in [0.05, 0.1) is 12.6 Å². The van der Waals surface area contributed by atoms with Crippen molar-refractivity contribution in [1.82, 2.24) is 14.7 Å². The lowest BCUT2D eigenvalue weighted by Gasteiger charge is -2.35. The number of likely N-dealkylation sites (N-methyl/N-ethyl adjacent to an activating group) is 1. The van der Waals surface area contributed by atoms with Gasteiger partial charge in [-0.3, -0.25) is 14.6 Å². The number of carbonyl (C=O) groups is 1. The maximum Gasteiger partial charge on any atom is 0.236 e. The van der Waals surface area contributed by atoms with Crippen molar-refractivity contribution in [3.63, 3.8) is 0 Å². The summed E-state index contributed by atoms with van der Waals surface area (Å²) >= 11 is 0. The van der Waals surface area contributed by atoms with Gasteiger partial charge in [-0.15, -0.1) is 0 Å². The number of piperazine rings is 1. The zero-order valence-corrected chi connectivity index (χ0v) is 15.5. The van der Waals surface area contributed by atoms with Crippen LogP contribution in [0.4, 0.5) is 0 Å². The van der Waals surface area contributed by atoms with E-state index in [2.05, 4.69) is 36.1 Å². The van der Waals surface area contributed by atoms with Gasteiger partial charge in [-0.2, -0.15) is 0 Å². The molecule has 0 aromatic heterocycles. The highest BCUT2D eigenvalue weighted by Crippen LogP contribution is 2.32. The molecule has 1 saturated heterocycles. The number of hydrogen-bond acceptors (Lipinski definition) is 4. The van der Waals surface area contributed by atoms with Crippen molar-refractivity contribution in [1.29, 1.82) is 0 Å². The van der Waals surface area contributed by atoms with E-state index >= 15 is 0 Å². The first-order valence-corrected chi connectivity index (χ1v) is 9.43. The molecule has 1 aliphatic carbocycles. The van der Waals surface area contributed by atoms with Gasteiger partial charge in [-0.05, 0) is 38.3 Å². The molecular weight excluding hydrogens is 314 g/mol. The molecule has 3 rings (SSSR count). The Morgan fingerprint density at radius 2 is 2.00 bits per heavy atom. The normalized spacial score (nSPS) is 20.1. The molecule has 1 amide bonds. The topological polar surface area (TPSA) is 47.0 Å². The van der Waals surface area contributed by atoms with Crippen molar-refractivity contribution >= 4 is 5.91 Å². The molecule has 1 saturated carbocycles. The number of rotatable bonds is 7. The van der Waals surface area contributed by atoms with Crippen LogP contribution in [0.3, 0.4) is 0 Å². The van der Waals surface area contributed by atoms with E-state index in [1.165, 1.54) is 11.1 Å². The third kappa shape index (κ3) is 5.53. The average Bonchev–Trinajstić information content (AvgIpc) is 3.40. The average molecular weight is 345 g/mol. The smallest absolute Gasteiger partial charge is 0.236 e. The molecule has 1 heterocycles. The highest BCUT2D eigenvalue weighted by atomic mass is 16.3. The molecule has 1 aromatic rings. The molecule has 5 heteroatoms. The summed E-state index contributed by atoms with van der Waals surface area (Å²) in [6, 6.07) is 8.63. The molecule has 2 fully saturated rings. The van der Waals surface area contributed by atoms with E-state index in [1.807, 2.05) is 16.8 Å². The second-order valence-electron chi connectivity index (χ2n) is 7.75. The minimum Gasteiger partial charge on any atom is -0.392 e. The summed E-state index contributed by atoms with van der Waals surface area (Å²) in [6.45, 7) is 7.52. The minimum atomic E-state index is -0.274. The van der Waals surface area contributed by atoms with E-state index < -0.39 is 0 Å². The first kappa shape index (κ1) is 18.4. The van der Waals surface area contributed by atoms with Gasteiger partial charge in [0.25, 0.3) is 0 Å². The van der Waals surface area contributed by atoms with E-state index in [4.69, 9.17) is 0 Å². The fourth-order valence-electron chi connectivity index (χ4n) is 3.57. The van der Waals surface area contributed by atoms with Crippen LogP contribution in [0.1, 0.15) is 24.0 Å². The van der Waals surface area contributed by atoms with E-state index in [1.54, 1.807) is 0 Å². The fourth-order valence-corrected chi connectivity index (χ4v) is 3.57. The van der Waals surface area contributed by atoms with E-state index in [0.717, 1.165) is 45.6 Å². The Kier molecular flexibility index (Phi) is 6.10. The maximum absolute atomic E-state index is 12.5. The number of carbonyl (C=O) groups excluding carboxylic acids is 1. The molecule has 138 valence electrons. The molecule has 0 spiro atoms. The predicted octanol–water partition coefficient (Wildman–Crippen LogP) is 1.34. The number of amides is 1. The summed E-state index contributed by atoms with van der Waals surface area (Å²) < 4.78 is 0. The van der Waals surface area contributed by atoms with Crippen molar-refractivity contribution in [3.8, 4) is 0 Å². The van der Waals surface area contributed by atoms with Crippen molar-refractivity contribution in [3.05, 3.63) is 35.4 Å². The van der Waals surface area contributed by atoms with Crippen LogP contribution in [-0.4, -0.2) is 78.1 Å². The van der Waals surface area contributed by atoms with Crippen LogP contribution in [0.15, 0.2) is 24.3 Å². The summed E-state index contributed by atoms with van der Waals surface area (Å²) in [6.07, 6.45) is 1.99. The molecule has 25 heavy (non-hydrogen) atoms. The number of hydrogen-bond donors (Lipinski definition) is 1. The van der Waals surface area contributed by atoms with Gasteiger partial charge in [-0.25, -0.2) is 0 Å². The quantitative estimate of drug-likeness (QED) is 0.810. The minimum absolute atomic E-state index is 0.181. The van der Waals surface area contributed by atoms with Crippen LogP contribution < -0.4 is 0 Å². The molecule has 1 aromatic carbocycles. The fraction of sp³-hybridized carbons (Fsp3) is 0.650. The zero-order valence-electron chi connectivity index (χ0n) is 15.5. The van der Waals surface area contributed by atoms with Gasteiger partial charge in [0.1, 0.15) is 0 Å². The van der Waals surface area contributed by atoms with Gasteiger partial charge in [-0.1, -0.05) is 29.8 Å². The first-order chi connectivity index (χ1) is 12.0. The van der Waals surface area contributed by atoms with Crippen LogP contribution in [0.25, 0.3) is 0 Å².